The van der Waals surface area contributed by atoms with Gasteiger partial charge in [0.2, 0.25) is 0 Å². The van der Waals surface area contributed by atoms with Crippen LogP contribution in [-0.2, 0) is 0 Å². The largest absolute Gasteiger partial charge is 0.361 e. The third-order valence-electron chi connectivity index (χ3n) is 2.98. The van der Waals surface area contributed by atoms with E-state index in [9.17, 15) is 5.26 Å². The van der Waals surface area contributed by atoms with Crippen molar-refractivity contribution in [3.8, 4) is 6.07 Å². The van der Waals surface area contributed by atoms with Crippen LogP contribution in [0.15, 0.2) is 54.9 Å². The Morgan fingerprint density at radius 2 is 2.00 bits per heavy atom. The molecular formula is C16H11N3. The summed E-state index contributed by atoms with van der Waals surface area (Å²) in [6.45, 7) is 0. The molecule has 3 nitrogen and oxygen atoms in total. The second-order valence-corrected chi connectivity index (χ2v) is 4.17. The molecule has 0 atom stereocenters. The molecule has 3 rings (SSSR count). The molecular weight excluding hydrogens is 234 g/mol. The zero-order valence-corrected chi connectivity index (χ0v) is 10.2. The molecule has 90 valence electrons. The van der Waals surface area contributed by atoms with Crippen molar-refractivity contribution in [2.24, 2.45) is 0 Å². The highest BCUT2D eigenvalue weighted by Crippen LogP contribution is 2.25. The van der Waals surface area contributed by atoms with E-state index < -0.39 is 0 Å². The lowest BCUT2D eigenvalue weighted by Gasteiger charge is -1.97. The Morgan fingerprint density at radius 3 is 2.79 bits per heavy atom. The molecule has 0 spiro atoms. The molecule has 2 heterocycles. The molecule has 19 heavy (non-hydrogen) atoms. The zero-order chi connectivity index (χ0) is 13.1. The standard InChI is InChI=1S/C16H11N3/c17-10-12(9-13-5-3-4-8-18-13)15-11-19-16-7-2-1-6-14(15)16/h1-9,11,19H/b12-9-. The Morgan fingerprint density at radius 1 is 1.16 bits per heavy atom. The Bertz CT molecular complexity index is 776. The normalized spacial score (nSPS) is 11.4. The fourth-order valence-electron chi connectivity index (χ4n) is 2.07. The van der Waals surface area contributed by atoms with E-state index in [1.807, 2.05) is 48.7 Å². The van der Waals surface area contributed by atoms with Gasteiger partial charge in [0.1, 0.15) is 0 Å². The molecule has 3 heteroatoms. The number of nitrogens with one attached hydrogen (secondary N) is 1. The summed E-state index contributed by atoms with van der Waals surface area (Å²) < 4.78 is 0. The summed E-state index contributed by atoms with van der Waals surface area (Å²) in [4.78, 5) is 7.40. The first-order valence-corrected chi connectivity index (χ1v) is 5.98. The lowest BCUT2D eigenvalue weighted by Crippen LogP contribution is -1.82. The van der Waals surface area contributed by atoms with Crippen LogP contribution in [0.1, 0.15) is 11.3 Å². The van der Waals surface area contributed by atoms with Crippen molar-refractivity contribution in [2.45, 2.75) is 0 Å². The van der Waals surface area contributed by atoms with E-state index >= 15 is 0 Å². The van der Waals surface area contributed by atoms with Crippen molar-refractivity contribution < 1.29 is 0 Å². The van der Waals surface area contributed by atoms with E-state index in [4.69, 9.17) is 0 Å². The van der Waals surface area contributed by atoms with Crippen molar-refractivity contribution in [1.82, 2.24) is 9.97 Å². The second kappa shape index (κ2) is 4.79. The van der Waals surface area contributed by atoms with Gasteiger partial charge in [-0.15, -0.1) is 0 Å². The van der Waals surface area contributed by atoms with Gasteiger partial charge in [0, 0.05) is 28.9 Å². The Hall–Kier alpha value is -2.86. The molecule has 3 aromatic rings. The van der Waals surface area contributed by atoms with E-state index in [0.29, 0.717) is 5.57 Å². The predicted molar refractivity (Wildman–Crippen MR) is 76.0 cm³/mol. The number of pyridine rings is 1. The van der Waals surface area contributed by atoms with E-state index in [-0.39, 0.29) is 0 Å². The van der Waals surface area contributed by atoms with Crippen LogP contribution in [-0.4, -0.2) is 9.97 Å². The summed E-state index contributed by atoms with van der Waals surface area (Å²) in [6.07, 6.45) is 5.38. The molecule has 0 aliphatic heterocycles. The van der Waals surface area contributed by atoms with Crippen molar-refractivity contribution in [1.29, 1.82) is 5.26 Å². The Kier molecular flexibility index (Phi) is 2.83. The topological polar surface area (TPSA) is 52.5 Å². The van der Waals surface area contributed by atoms with Gasteiger partial charge in [0.15, 0.2) is 0 Å². The minimum absolute atomic E-state index is 0.608. The maximum absolute atomic E-state index is 9.36. The predicted octanol–water partition coefficient (Wildman–Crippen LogP) is 3.63. The number of para-hydroxylation sites is 1. The minimum Gasteiger partial charge on any atom is -0.361 e. The number of allylic oxidation sites excluding steroid dienone is 1. The van der Waals surface area contributed by atoms with Crippen LogP contribution < -0.4 is 0 Å². The first-order valence-electron chi connectivity index (χ1n) is 5.98. The SMILES string of the molecule is N#C/C(=C/c1ccccn1)c1c[nH]c2ccccc12. The van der Waals surface area contributed by atoms with E-state index in [1.54, 1.807) is 12.3 Å². The van der Waals surface area contributed by atoms with Gasteiger partial charge in [-0.1, -0.05) is 24.3 Å². The average molecular weight is 245 g/mol. The second-order valence-electron chi connectivity index (χ2n) is 4.17. The van der Waals surface area contributed by atoms with Crippen molar-refractivity contribution in [3.63, 3.8) is 0 Å². The number of nitrogens with zero attached hydrogens (tertiary/aromatic N) is 2. The number of hydrogen-bond donors (Lipinski definition) is 1. The maximum atomic E-state index is 9.36. The van der Waals surface area contributed by atoms with Crippen LogP contribution in [0.5, 0.6) is 0 Å². The highest BCUT2D eigenvalue weighted by atomic mass is 14.7. The monoisotopic (exact) mass is 245 g/mol. The van der Waals surface area contributed by atoms with Crippen LogP contribution in [0, 0.1) is 11.3 Å². The minimum atomic E-state index is 0.608. The lowest BCUT2D eigenvalue weighted by atomic mass is 10.0. The number of aromatic nitrogens is 2. The highest BCUT2D eigenvalue weighted by Gasteiger charge is 2.07. The number of rotatable bonds is 2. The molecule has 0 saturated carbocycles. The molecule has 0 aliphatic carbocycles. The van der Waals surface area contributed by atoms with Crippen LogP contribution in [0.25, 0.3) is 22.6 Å². The first-order chi connectivity index (χ1) is 9.38. The maximum Gasteiger partial charge on any atom is 0.0999 e. The number of fused-ring (bicyclic) bond motifs is 1. The molecule has 0 radical (unpaired) electrons. The summed E-state index contributed by atoms with van der Waals surface area (Å²) in [6, 6.07) is 15.8. The number of nitriles is 1. The molecule has 0 unspecified atom stereocenters. The molecule has 0 aliphatic rings. The molecule has 0 bridgehead atoms. The fourth-order valence-corrected chi connectivity index (χ4v) is 2.07. The number of aromatic amines is 1. The van der Waals surface area contributed by atoms with Gasteiger partial charge in [0.25, 0.3) is 0 Å². The molecule has 0 amide bonds. The van der Waals surface area contributed by atoms with Crippen LogP contribution >= 0.6 is 0 Å². The van der Waals surface area contributed by atoms with E-state index in [2.05, 4.69) is 16.0 Å². The van der Waals surface area contributed by atoms with Crippen molar-refractivity contribution >= 4 is 22.6 Å². The average Bonchev–Trinajstić information content (AvgIpc) is 2.90. The van der Waals surface area contributed by atoms with Crippen LogP contribution in [0.4, 0.5) is 0 Å². The molecule has 0 fully saturated rings. The van der Waals surface area contributed by atoms with Gasteiger partial charge in [-0.25, -0.2) is 0 Å². The van der Waals surface area contributed by atoms with Gasteiger partial charge in [-0.3, -0.25) is 4.98 Å². The van der Waals surface area contributed by atoms with Gasteiger partial charge in [-0.2, -0.15) is 5.26 Å². The Balaban J connectivity index is 2.14. The zero-order valence-electron chi connectivity index (χ0n) is 10.2. The molecule has 1 aromatic carbocycles. The summed E-state index contributed by atoms with van der Waals surface area (Å²) in [7, 11) is 0. The van der Waals surface area contributed by atoms with Gasteiger partial charge < -0.3 is 4.98 Å². The quantitative estimate of drug-likeness (QED) is 0.701. The smallest absolute Gasteiger partial charge is 0.0999 e. The van der Waals surface area contributed by atoms with Crippen LogP contribution in [0.3, 0.4) is 0 Å². The van der Waals surface area contributed by atoms with Gasteiger partial charge in [-0.05, 0) is 24.3 Å². The molecule has 2 aromatic heterocycles. The Labute approximate surface area is 110 Å². The number of benzene rings is 1. The first kappa shape index (κ1) is 11.2. The fraction of sp³-hybridized carbons (Fsp3) is 0. The summed E-state index contributed by atoms with van der Waals surface area (Å²) in [5.74, 6) is 0. The highest BCUT2D eigenvalue weighted by molar-refractivity contribution is 6.00. The third kappa shape index (κ3) is 2.12. The lowest BCUT2D eigenvalue weighted by molar-refractivity contribution is 1.30. The van der Waals surface area contributed by atoms with Crippen molar-refractivity contribution in [2.75, 3.05) is 0 Å². The van der Waals surface area contributed by atoms with Gasteiger partial charge in [0.05, 0.1) is 17.3 Å². The summed E-state index contributed by atoms with van der Waals surface area (Å²) >= 11 is 0. The molecule has 0 saturated heterocycles. The summed E-state index contributed by atoms with van der Waals surface area (Å²) in [5, 5.41) is 10.4. The number of hydrogen-bond acceptors (Lipinski definition) is 2. The van der Waals surface area contributed by atoms with Crippen molar-refractivity contribution in [3.05, 3.63) is 66.1 Å². The summed E-state index contributed by atoms with van der Waals surface area (Å²) in [5.41, 5.74) is 3.32. The van der Waals surface area contributed by atoms with E-state index in [0.717, 1.165) is 22.2 Å². The molecule has 1 N–H and O–H groups in total. The van der Waals surface area contributed by atoms with Gasteiger partial charge >= 0.3 is 0 Å². The number of H-pyrrole nitrogens is 1. The van der Waals surface area contributed by atoms with E-state index in [1.165, 1.54) is 0 Å². The third-order valence-corrected chi connectivity index (χ3v) is 2.98. The van der Waals surface area contributed by atoms with Crippen LogP contribution in [0.2, 0.25) is 0 Å².